The maximum Gasteiger partial charge on any atom is 0.296 e. The van der Waals surface area contributed by atoms with Crippen LogP contribution >= 0.6 is 11.3 Å². The van der Waals surface area contributed by atoms with Gasteiger partial charge >= 0.3 is 0 Å². The van der Waals surface area contributed by atoms with Crippen molar-refractivity contribution in [1.82, 2.24) is 10.2 Å². The third kappa shape index (κ3) is 3.10. The number of Topliss-reactive ketones (excluding diaryl/α,β-unsaturated/α-hetero) is 1. The molecule has 2 aromatic rings. The smallest absolute Gasteiger partial charge is 0.296 e. The third-order valence-electron chi connectivity index (χ3n) is 6.39. The number of fused-ring (bicyclic) bond motifs is 1. The van der Waals surface area contributed by atoms with Gasteiger partial charge < -0.3 is 14.2 Å². The molecule has 1 aromatic carbocycles. The van der Waals surface area contributed by atoms with E-state index >= 15 is 0 Å². The Morgan fingerprint density at radius 3 is 2.68 bits per heavy atom. The van der Waals surface area contributed by atoms with Gasteiger partial charge in [-0.1, -0.05) is 24.3 Å². The normalized spacial score (nSPS) is 27.6. The molecule has 5 rings (SSSR count). The Hall–Kier alpha value is -2.94. The molecule has 31 heavy (non-hydrogen) atoms. The summed E-state index contributed by atoms with van der Waals surface area (Å²) in [4.78, 5) is 28.7. The summed E-state index contributed by atoms with van der Waals surface area (Å²) in [7, 11) is 3.12. The van der Waals surface area contributed by atoms with Crippen molar-refractivity contribution in [1.29, 1.82) is 0 Å². The van der Waals surface area contributed by atoms with E-state index in [1.54, 1.807) is 31.9 Å². The van der Waals surface area contributed by atoms with Crippen molar-refractivity contribution in [3.8, 4) is 11.5 Å². The molecule has 0 bridgehead atoms. The Bertz CT molecular complexity index is 1070. The van der Waals surface area contributed by atoms with Crippen LogP contribution in [0.25, 0.3) is 0 Å². The van der Waals surface area contributed by atoms with E-state index in [1.807, 2.05) is 6.07 Å². The van der Waals surface area contributed by atoms with Crippen molar-refractivity contribution in [2.45, 2.75) is 38.3 Å². The van der Waals surface area contributed by atoms with Crippen LogP contribution in [0.1, 0.15) is 37.8 Å². The van der Waals surface area contributed by atoms with Crippen molar-refractivity contribution < 1.29 is 23.8 Å². The molecule has 2 aliphatic heterocycles. The molecule has 1 fully saturated rings. The van der Waals surface area contributed by atoms with Crippen molar-refractivity contribution in [3.63, 3.8) is 0 Å². The Morgan fingerprint density at radius 1 is 1.16 bits per heavy atom. The van der Waals surface area contributed by atoms with Crippen LogP contribution in [0.2, 0.25) is 0 Å². The molecular formula is C22H23N3O5S. The zero-order chi connectivity index (χ0) is 21.7. The maximum absolute atomic E-state index is 13.7. The standard InChI is InChI=1S/C22H23N3O5S/c1-11-4-6-14-13(8-11)19(26)17-18(12-5-7-15(28-2)16(9-12)29-3)25(21(27)20(17)30-14)22-24-23-10-31-22/h5,7,9-11,13-14,18H,4,6,8H2,1-3H3. The summed E-state index contributed by atoms with van der Waals surface area (Å²) in [5.41, 5.74) is 2.70. The molecule has 1 saturated carbocycles. The summed E-state index contributed by atoms with van der Waals surface area (Å²) in [5.74, 6) is 1.11. The van der Waals surface area contributed by atoms with Gasteiger partial charge in [0.1, 0.15) is 11.6 Å². The SMILES string of the molecule is COc1ccc(C2C3=C(OC4CCC(C)CC4C3=O)C(=O)N2c2nncs2)cc1OC. The predicted octanol–water partition coefficient (Wildman–Crippen LogP) is 3.30. The summed E-state index contributed by atoms with van der Waals surface area (Å²) < 4.78 is 17.0. The van der Waals surface area contributed by atoms with Gasteiger partial charge in [-0.15, -0.1) is 10.2 Å². The molecule has 9 heteroatoms. The molecule has 1 aliphatic carbocycles. The number of hydrogen-bond donors (Lipinski definition) is 0. The van der Waals surface area contributed by atoms with Gasteiger partial charge in [0.25, 0.3) is 5.91 Å². The van der Waals surface area contributed by atoms with Gasteiger partial charge in [0, 0.05) is 0 Å². The minimum Gasteiger partial charge on any atom is -0.493 e. The number of aromatic nitrogens is 2. The lowest BCUT2D eigenvalue weighted by Crippen LogP contribution is -2.41. The van der Waals surface area contributed by atoms with E-state index in [9.17, 15) is 9.59 Å². The van der Waals surface area contributed by atoms with Crippen LogP contribution in [0.15, 0.2) is 35.0 Å². The van der Waals surface area contributed by atoms with Crippen LogP contribution in [-0.4, -0.2) is 42.2 Å². The molecule has 0 saturated heterocycles. The molecule has 1 aromatic heterocycles. The zero-order valence-corrected chi connectivity index (χ0v) is 18.3. The highest BCUT2D eigenvalue weighted by molar-refractivity contribution is 7.13. The number of benzene rings is 1. The Morgan fingerprint density at radius 2 is 1.97 bits per heavy atom. The molecule has 0 spiro atoms. The molecule has 0 radical (unpaired) electrons. The molecule has 0 N–H and O–H groups in total. The number of amides is 1. The van der Waals surface area contributed by atoms with Crippen molar-refractivity contribution in [2.75, 3.05) is 19.1 Å². The van der Waals surface area contributed by atoms with E-state index in [-0.39, 0.29) is 29.5 Å². The minimum absolute atomic E-state index is 0.00190. The fourth-order valence-electron chi connectivity index (χ4n) is 4.88. The fraction of sp³-hybridized carbons (Fsp3) is 0.455. The van der Waals surface area contributed by atoms with E-state index < -0.39 is 6.04 Å². The molecule has 1 amide bonds. The van der Waals surface area contributed by atoms with Gasteiger partial charge in [0.2, 0.25) is 5.13 Å². The van der Waals surface area contributed by atoms with E-state index in [1.165, 1.54) is 16.2 Å². The van der Waals surface area contributed by atoms with Crippen LogP contribution in [0.5, 0.6) is 11.5 Å². The first-order valence-electron chi connectivity index (χ1n) is 10.3. The lowest BCUT2D eigenvalue weighted by molar-refractivity contribution is -0.132. The number of anilines is 1. The van der Waals surface area contributed by atoms with E-state index in [4.69, 9.17) is 14.2 Å². The summed E-state index contributed by atoms with van der Waals surface area (Å²) in [5, 5.41) is 8.43. The number of ketones is 1. The molecule has 4 atom stereocenters. The molecule has 162 valence electrons. The highest BCUT2D eigenvalue weighted by Crippen LogP contribution is 2.49. The number of nitrogens with zero attached hydrogens (tertiary/aromatic N) is 3. The quantitative estimate of drug-likeness (QED) is 0.719. The Labute approximate surface area is 183 Å². The van der Waals surface area contributed by atoms with Crippen LogP contribution in [0, 0.1) is 11.8 Å². The summed E-state index contributed by atoms with van der Waals surface area (Å²) >= 11 is 1.25. The molecule has 8 nitrogen and oxygen atoms in total. The first-order valence-corrected chi connectivity index (χ1v) is 11.2. The van der Waals surface area contributed by atoms with Gasteiger partial charge in [-0.3, -0.25) is 14.5 Å². The number of hydrogen-bond acceptors (Lipinski definition) is 8. The summed E-state index contributed by atoms with van der Waals surface area (Å²) in [6, 6.07) is 4.76. The lowest BCUT2D eigenvalue weighted by atomic mass is 9.74. The predicted molar refractivity (Wildman–Crippen MR) is 113 cm³/mol. The lowest BCUT2D eigenvalue weighted by Gasteiger charge is -2.37. The largest absolute Gasteiger partial charge is 0.493 e. The van der Waals surface area contributed by atoms with Gasteiger partial charge in [0.05, 0.1) is 31.8 Å². The second-order valence-corrected chi connectivity index (χ2v) is 9.01. The molecular weight excluding hydrogens is 418 g/mol. The van der Waals surface area contributed by atoms with E-state index in [0.717, 1.165) is 24.8 Å². The maximum atomic E-state index is 13.7. The highest BCUT2D eigenvalue weighted by atomic mass is 32.1. The van der Waals surface area contributed by atoms with Crippen LogP contribution in [0.4, 0.5) is 5.13 Å². The van der Waals surface area contributed by atoms with Crippen molar-refractivity contribution >= 4 is 28.2 Å². The number of methoxy groups -OCH3 is 2. The van der Waals surface area contributed by atoms with Crippen molar-refractivity contribution in [3.05, 3.63) is 40.6 Å². The average Bonchev–Trinajstić information content (AvgIpc) is 3.40. The number of carbonyl (C=O) groups excluding carboxylic acids is 2. The van der Waals surface area contributed by atoms with E-state index in [0.29, 0.717) is 28.1 Å². The second-order valence-electron chi connectivity index (χ2n) is 8.20. The first kappa shape index (κ1) is 20.0. The molecule has 3 aliphatic rings. The van der Waals surface area contributed by atoms with Gasteiger partial charge in [0.15, 0.2) is 23.0 Å². The highest BCUT2D eigenvalue weighted by Gasteiger charge is 2.53. The third-order valence-corrected chi connectivity index (χ3v) is 7.08. The minimum atomic E-state index is -0.652. The van der Waals surface area contributed by atoms with E-state index in [2.05, 4.69) is 17.1 Å². The van der Waals surface area contributed by atoms with Gasteiger partial charge in [-0.2, -0.15) is 0 Å². The fourth-order valence-corrected chi connectivity index (χ4v) is 5.47. The molecule has 4 unspecified atom stereocenters. The first-order chi connectivity index (χ1) is 15.0. The van der Waals surface area contributed by atoms with Crippen molar-refractivity contribution in [2.24, 2.45) is 11.8 Å². The second kappa shape index (κ2) is 7.64. The number of rotatable bonds is 4. The summed E-state index contributed by atoms with van der Waals surface area (Å²) in [6.07, 6.45) is 2.30. The van der Waals surface area contributed by atoms with Gasteiger partial charge in [-0.25, -0.2) is 0 Å². The number of carbonyl (C=O) groups is 2. The number of ether oxygens (including phenoxy) is 3. The summed E-state index contributed by atoms with van der Waals surface area (Å²) in [6.45, 7) is 2.16. The van der Waals surface area contributed by atoms with Crippen LogP contribution < -0.4 is 14.4 Å². The monoisotopic (exact) mass is 441 g/mol. The zero-order valence-electron chi connectivity index (χ0n) is 17.5. The topological polar surface area (TPSA) is 90.9 Å². The van der Waals surface area contributed by atoms with Crippen LogP contribution in [0.3, 0.4) is 0 Å². The molecule has 3 heterocycles. The average molecular weight is 442 g/mol. The van der Waals surface area contributed by atoms with Crippen LogP contribution in [-0.2, 0) is 14.3 Å². The Kier molecular flexibility index (Phi) is 4.92. The van der Waals surface area contributed by atoms with Gasteiger partial charge in [-0.05, 0) is 42.9 Å². The Balaban J connectivity index is 1.65.